The number of hydrogen-bond donors (Lipinski definition) is 0. The van der Waals surface area contributed by atoms with Gasteiger partial charge in [-0.15, -0.1) is 0 Å². The van der Waals surface area contributed by atoms with Gasteiger partial charge >= 0.3 is 12.0 Å². The zero-order chi connectivity index (χ0) is 13.0. The number of ether oxygens (including phenoxy) is 2. The van der Waals surface area contributed by atoms with E-state index >= 15 is 0 Å². The van der Waals surface area contributed by atoms with Crippen LogP contribution in [0.4, 0.5) is 0 Å². The fourth-order valence-corrected chi connectivity index (χ4v) is 1.33. The molecule has 0 aliphatic carbocycles. The van der Waals surface area contributed by atoms with E-state index in [4.69, 9.17) is 25.5 Å². The number of carbonyl (C=O) groups is 1. The molecule has 0 fully saturated rings. The van der Waals surface area contributed by atoms with Gasteiger partial charge in [0.15, 0.2) is 5.69 Å². The van der Waals surface area contributed by atoms with Crippen LogP contribution in [0.2, 0.25) is 5.02 Å². The van der Waals surface area contributed by atoms with Gasteiger partial charge in [0.05, 0.1) is 6.61 Å². The summed E-state index contributed by atoms with van der Waals surface area (Å²) in [6, 6.07) is 6.67. The molecule has 0 amide bonds. The van der Waals surface area contributed by atoms with Crippen LogP contribution in [0.1, 0.15) is 17.4 Å². The lowest BCUT2D eigenvalue weighted by atomic mass is 10.3. The number of carbonyl (C=O) groups excluding carboxylic acids is 1. The molecule has 0 aliphatic rings. The number of rotatable bonds is 4. The van der Waals surface area contributed by atoms with E-state index in [-0.39, 0.29) is 18.4 Å². The summed E-state index contributed by atoms with van der Waals surface area (Å²) in [4.78, 5) is 15.2. The van der Waals surface area contributed by atoms with E-state index in [2.05, 4.69) is 4.98 Å². The van der Waals surface area contributed by atoms with Crippen LogP contribution in [0, 0.1) is 0 Å². The highest BCUT2D eigenvalue weighted by atomic mass is 35.5. The Morgan fingerprint density at radius 3 is 2.78 bits per heavy atom. The summed E-state index contributed by atoms with van der Waals surface area (Å²) in [5.74, 6) is -0.0381. The average molecular weight is 268 g/mol. The second kappa shape index (κ2) is 5.55. The lowest BCUT2D eigenvalue weighted by molar-refractivity contribution is 0.0519. The third kappa shape index (κ3) is 3.01. The average Bonchev–Trinajstić information content (AvgIpc) is 2.81. The van der Waals surface area contributed by atoms with Crippen molar-refractivity contribution in [2.24, 2.45) is 0 Å². The highest BCUT2D eigenvalue weighted by molar-refractivity contribution is 6.30. The summed E-state index contributed by atoms with van der Waals surface area (Å²) in [6.07, 6.45) is 1.16. The van der Waals surface area contributed by atoms with Crippen LogP contribution >= 0.6 is 11.6 Å². The molecule has 2 rings (SSSR count). The Labute approximate surface area is 108 Å². The van der Waals surface area contributed by atoms with E-state index in [1.165, 1.54) is 6.26 Å². The lowest BCUT2D eigenvalue weighted by Gasteiger charge is -1.99. The summed E-state index contributed by atoms with van der Waals surface area (Å²) in [5, 5.41) is 0.599. The van der Waals surface area contributed by atoms with Crippen molar-refractivity contribution >= 4 is 17.6 Å². The second-order valence-electron chi connectivity index (χ2n) is 3.28. The molecule has 0 atom stereocenters. The molecule has 18 heavy (non-hydrogen) atoms. The molecule has 94 valence electrons. The summed E-state index contributed by atoms with van der Waals surface area (Å²) < 4.78 is 15.1. The van der Waals surface area contributed by atoms with Gasteiger partial charge in [-0.1, -0.05) is 11.6 Å². The minimum Gasteiger partial charge on any atom is -0.461 e. The molecule has 0 aliphatic heterocycles. The molecule has 0 radical (unpaired) electrons. The van der Waals surface area contributed by atoms with Crippen molar-refractivity contribution in [1.29, 1.82) is 0 Å². The maximum absolute atomic E-state index is 11.3. The van der Waals surface area contributed by atoms with E-state index in [1.807, 2.05) is 0 Å². The standard InChI is InChI=1S/C12H10ClNO4/c1-2-16-11(15)10-7-17-12(14-10)18-9-5-3-8(13)4-6-9/h3-7H,2H2,1H3. The minimum atomic E-state index is -0.549. The Kier molecular flexibility index (Phi) is 3.84. The quantitative estimate of drug-likeness (QED) is 0.796. The van der Waals surface area contributed by atoms with E-state index in [0.717, 1.165) is 0 Å². The molecule has 1 heterocycles. The predicted molar refractivity (Wildman–Crippen MR) is 64.0 cm³/mol. The smallest absolute Gasteiger partial charge is 0.399 e. The molecule has 0 saturated carbocycles. The zero-order valence-electron chi connectivity index (χ0n) is 9.55. The van der Waals surface area contributed by atoms with Crippen LogP contribution in [-0.2, 0) is 4.74 Å². The van der Waals surface area contributed by atoms with Gasteiger partial charge in [0, 0.05) is 5.02 Å². The number of hydrogen-bond acceptors (Lipinski definition) is 5. The second-order valence-corrected chi connectivity index (χ2v) is 3.71. The fourth-order valence-electron chi connectivity index (χ4n) is 1.21. The van der Waals surface area contributed by atoms with Crippen molar-refractivity contribution in [3.05, 3.63) is 41.2 Å². The molecule has 1 aromatic heterocycles. The zero-order valence-corrected chi connectivity index (χ0v) is 10.3. The van der Waals surface area contributed by atoms with Crippen LogP contribution in [0.25, 0.3) is 0 Å². The van der Waals surface area contributed by atoms with Crippen LogP contribution in [0.15, 0.2) is 34.9 Å². The summed E-state index contributed by atoms with van der Waals surface area (Å²) in [7, 11) is 0. The number of esters is 1. The Bertz CT molecular complexity index is 535. The Balaban J connectivity index is 2.06. The highest BCUT2D eigenvalue weighted by Gasteiger charge is 2.14. The minimum absolute atomic E-state index is 0.0274. The maximum atomic E-state index is 11.3. The van der Waals surface area contributed by atoms with Crippen LogP contribution in [0.5, 0.6) is 11.8 Å². The highest BCUT2D eigenvalue weighted by Crippen LogP contribution is 2.22. The first-order valence-electron chi connectivity index (χ1n) is 5.25. The van der Waals surface area contributed by atoms with Gasteiger partial charge in [-0.2, -0.15) is 4.98 Å². The van der Waals surface area contributed by atoms with Gasteiger partial charge in [-0.3, -0.25) is 0 Å². The van der Waals surface area contributed by atoms with E-state index in [9.17, 15) is 4.79 Å². The van der Waals surface area contributed by atoms with Crippen molar-refractivity contribution in [2.75, 3.05) is 6.61 Å². The van der Waals surface area contributed by atoms with E-state index in [0.29, 0.717) is 10.8 Å². The number of aromatic nitrogens is 1. The molecule has 0 saturated heterocycles. The Morgan fingerprint density at radius 1 is 1.39 bits per heavy atom. The molecule has 0 bridgehead atoms. The number of oxazole rings is 1. The normalized spacial score (nSPS) is 10.1. The molecule has 0 spiro atoms. The fraction of sp³-hybridized carbons (Fsp3) is 0.167. The summed E-state index contributed by atoms with van der Waals surface area (Å²) in [6.45, 7) is 1.99. The third-order valence-electron chi connectivity index (χ3n) is 1.99. The van der Waals surface area contributed by atoms with E-state index in [1.54, 1.807) is 31.2 Å². The van der Waals surface area contributed by atoms with Crippen molar-refractivity contribution in [3.8, 4) is 11.8 Å². The van der Waals surface area contributed by atoms with Gasteiger partial charge < -0.3 is 13.9 Å². The van der Waals surface area contributed by atoms with Crippen LogP contribution in [-0.4, -0.2) is 17.6 Å². The first-order chi connectivity index (χ1) is 8.69. The molecule has 2 aromatic rings. The lowest BCUT2D eigenvalue weighted by Crippen LogP contribution is -2.04. The summed E-state index contributed by atoms with van der Waals surface area (Å²) >= 11 is 5.74. The van der Waals surface area contributed by atoms with Crippen molar-refractivity contribution < 1.29 is 18.7 Å². The largest absolute Gasteiger partial charge is 0.461 e. The van der Waals surface area contributed by atoms with Gasteiger partial charge in [0.25, 0.3) is 0 Å². The van der Waals surface area contributed by atoms with Crippen molar-refractivity contribution in [2.45, 2.75) is 6.92 Å². The monoisotopic (exact) mass is 267 g/mol. The first-order valence-corrected chi connectivity index (χ1v) is 5.63. The molecular formula is C12H10ClNO4. The van der Waals surface area contributed by atoms with Crippen LogP contribution < -0.4 is 4.74 Å². The van der Waals surface area contributed by atoms with Gasteiger partial charge in [0.2, 0.25) is 0 Å². The Hall–Kier alpha value is -2.01. The predicted octanol–water partition coefficient (Wildman–Crippen LogP) is 3.30. The van der Waals surface area contributed by atoms with Gasteiger partial charge in [0.1, 0.15) is 12.0 Å². The first kappa shape index (κ1) is 12.4. The number of benzene rings is 1. The molecule has 1 aromatic carbocycles. The van der Waals surface area contributed by atoms with Gasteiger partial charge in [-0.25, -0.2) is 4.79 Å². The van der Waals surface area contributed by atoms with Crippen LogP contribution in [0.3, 0.4) is 0 Å². The topological polar surface area (TPSA) is 61.6 Å². The van der Waals surface area contributed by atoms with Crippen molar-refractivity contribution in [3.63, 3.8) is 0 Å². The molecule has 0 N–H and O–H groups in total. The molecular weight excluding hydrogens is 258 g/mol. The SMILES string of the molecule is CCOC(=O)c1coc(Oc2ccc(Cl)cc2)n1. The Morgan fingerprint density at radius 2 is 2.11 bits per heavy atom. The third-order valence-corrected chi connectivity index (χ3v) is 2.24. The number of halogens is 1. The summed E-state index contributed by atoms with van der Waals surface area (Å²) in [5.41, 5.74) is 0.0702. The molecule has 0 unspecified atom stereocenters. The number of nitrogens with zero attached hydrogens (tertiary/aromatic N) is 1. The molecule has 5 nitrogen and oxygen atoms in total. The molecule has 6 heteroatoms. The van der Waals surface area contributed by atoms with Crippen molar-refractivity contribution in [1.82, 2.24) is 4.98 Å². The van der Waals surface area contributed by atoms with Gasteiger partial charge in [-0.05, 0) is 31.2 Å². The van der Waals surface area contributed by atoms with E-state index < -0.39 is 5.97 Å². The maximum Gasteiger partial charge on any atom is 0.399 e.